The Morgan fingerprint density at radius 3 is 2.56 bits per heavy atom. The van der Waals surface area contributed by atoms with E-state index in [1.54, 1.807) is 12.1 Å². The van der Waals surface area contributed by atoms with Crippen molar-refractivity contribution in [2.75, 3.05) is 6.54 Å². The maximum absolute atomic E-state index is 13.1. The van der Waals surface area contributed by atoms with Crippen molar-refractivity contribution >= 4 is 29.1 Å². The average molecular weight is 394 g/mol. The number of hydrogen-bond donors (Lipinski definition) is 0. The molecule has 2 aromatic heterocycles. The molecule has 0 N–H and O–H groups in total. The Morgan fingerprint density at radius 1 is 1.28 bits per heavy atom. The van der Waals surface area contributed by atoms with E-state index in [9.17, 15) is 18.0 Å². The second-order valence-electron chi connectivity index (χ2n) is 4.80. The molecule has 25 heavy (non-hydrogen) atoms. The summed E-state index contributed by atoms with van der Waals surface area (Å²) in [4.78, 5) is 19.6. The van der Waals surface area contributed by atoms with Gasteiger partial charge in [-0.3, -0.25) is 4.79 Å². The first-order chi connectivity index (χ1) is 11.8. The zero-order valence-corrected chi connectivity index (χ0v) is 14.4. The second kappa shape index (κ2) is 7.88. The molecule has 2 heterocycles. The molecule has 0 aliphatic rings. The van der Waals surface area contributed by atoms with Crippen molar-refractivity contribution < 1.29 is 22.7 Å². The summed E-state index contributed by atoms with van der Waals surface area (Å²) in [5.41, 5.74) is -0.470. The van der Waals surface area contributed by atoms with Gasteiger partial charge in [-0.2, -0.15) is 0 Å². The van der Waals surface area contributed by atoms with Crippen LogP contribution in [0.1, 0.15) is 23.7 Å². The summed E-state index contributed by atoms with van der Waals surface area (Å²) in [5, 5.41) is -0.581. The van der Waals surface area contributed by atoms with E-state index in [4.69, 9.17) is 27.9 Å². The average Bonchev–Trinajstić information content (AvgIpc) is 2.56. The van der Waals surface area contributed by atoms with Crippen molar-refractivity contribution in [1.82, 2.24) is 14.9 Å². The fourth-order valence-electron chi connectivity index (χ4n) is 1.91. The predicted molar refractivity (Wildman–Crippen MR) is 86.0 cm³/mol. The highest BCUT2D eigenvalue weighted by atomic mass is 35.5. The summed E-state index contributed by atoms with van der Waals surface area (Å²) in [6, 6.07) is 4.75. The molecule has 5 nitrogen and oxygen atoms in total. The van der Waals surface area contributed by atoms with Gasteiger partial charge in [0.05, 0.1) is 5.56 Å². The predicted octanol–water partition coefficient (Wildman–Crippen LogP) is 4.95. The summed E-state index contributed by atoms with van der Waals surface area (Å²) < 4.78 is 44.6. The molecule has 0 saturated heterocycles. The number of carbonyl (C=O) groups excluding carboxylic acids is 1. The molecule has 10 heteroatoms. The first kappa shape index (κ1) is 19.3. The first-order valence-corrected chi connectivity index (χ1v) is 7.82. The van der Waals surface area contributed by atoms with Crippen LogP contribution in [-0.2, 0) is 0 Å². The standard InChI is InChI=1S/C15H12Cl2F3N3O2/c1-2-7-23(15(18,19)20)14(24)9-8-22-13(17)12(11(9)16)25-10-5-3-4-6-21-10/h3-6,8H,2,7H2,1H3. The third kappa shape index (κ3) is 4.52. The lowest BCUT2D eigenvalue weighted by atomic mass is 10.2. The molecule has 2 aromatic rings. The van der Waals surface area contributed by atoms with Gasteiger partial charge in [0.15, 0.2) is 10.9 Å². The van der Waals surface area contributed by atoms with Gasteiger partial charge in [0.2, 0.25) is 5.88 Å². The van der Waals surface area contributed by atoms with Crippen LogP contribution in [0.5, 0.6) is 11.6 Å². The molecule has 0 aliphatic heterocycles. The lowest BCUT2D eigenvalue weighted by Gasteiger charge is -2.25. The van der Waals surface area contributed by atoms with Gasteiger partial charge in [0, 0.05) is 25.0 Å². The van der Waals surface area contributed by atoms with Crippen molar-refractivity contribution in [3.05, 3.63) is 46.3 Å². The molecule has 1 amide bonds. The van der Waals surface area contributed by atoms with Gasteiger partial charge in [-0.05, 0) is 12.5 Å². The van der Waals surface area contributed by atoms with E-state index >= 15 is 0 Å². The Balaban J connectivity index is 2.42. The number of rotatable bonds is 5. The first-order valence-electron chi connectivity index (χ1n) is 7.07. The van der Waals surface area contributed by atoms with E-state index in [1.165, 1.54) is 19.2 Å². The van der Waals surface area contributed by atoms with Crippen LogP contribution in [0, 0.1) is 0 Å². The van der Waals surface area contributed by atoms with Crippen molar-refractivity contribution in [2.24, 2.45) is 0 Å². The number of nitrogens with zero attached hydrogens (tertiary/aromatic N) is 3. The van der Waals surface area contributed by atoms with Crippen molar-refractivity contribution in [3.8, 4) is 11.6 Å². The molecule has 2 rings (SSSR count). The number of alkyl halides is 3. The minimum absolute atomic E-state index is 0.0962. The zero-order chi connectivity index (χ0) is 18.6. The SMILES string of the molecule is CCCN(C(=O)c1cnc(Cl)c(Oc2ccccn2)c1Cl)C(F)(F)F. The van der Waals surface area contributed by atoms with Gasteiger partial charge in [0.25, 0.3) is 5.91 Å². The van der Waals surface area contributed by atoms with Crippen LogP contribution in [0.3, 0.4) is 0 Å². The summed E-state index contributed by atoms with van der Waals surface area (Å²) in [6.07, 6.45) is -2.42. The highest BCUT2D eigenvalue weighted by Gasteiger charge is 2.41. The molecule has 0 spiro atoms. The Hall–Kier alpha value is -2.06. The van der Waals surface area contributed by atoms with Crippen LogP contribution < -0.4 is 4.74 Å². The van der Waals surface area contributed by atoms with Gasteiger partial charge in [0.1, 0.15) is 5.02 Å². The third-order valence-corrected chi connectivity index (χ3v) is 3.65. The van der Waals surface area contributed by atoms with E-state index in [-0.39, 0.29) is 33.1 Å². The summed E-state index contributed by atoms with van der Waals surface area (Å²) >= 11 is 12.0. The number of amides is 1. The molecule has 0 aromatic carbocycles. The Kier molecular flexibility index (Phi) is 6.07. The van der Waals surface area contributed by atoms with Crippen LogP contribution in [-0.4, -0.2) is 33.6 Å². The molecular weight excluding hydrogens is 382 g/mol. The van der Waals surface area contributed by atoms with Crippen LogP contribution in [0.4, 0.5) is 13.2 Å². The fraction of sp³-hybridized carbons (Fsp3) is 0.267. The van der Waals surface area contributed by atoms with Gasteiger partial charge >= 0.3 is 6.30 Å². The van der Waals surface area contributed by atoms with E-state index in [2.05, 4.69) is 9.97 Å². The summed E-state index contributed by atoms with van der Waals surface area (Å²) in [6.45, 7) is 1.00. The Morgan fingerprint density at radius 2 is 2.00 bits per heavy atom. The quantitative estimate of drug-likeness (QED) is 0.532. The lowest BCUT2D eigenvalue weighted by Crippen LogP contribution is -2.43. The number of ether oxygens (including phenoxy) is 1. The maximum Gasteiger partial charge on any atom is 0.487 e. The van der Waals surface area contributed by atoms with E-state index in [1.807, 2.05) is 0 Å². The zero-order valence-electron chi connectivity index (χ0n) is 12.8. The monoisotopic (exact) mass is 393 g/mol. The molecule has 0 atom stereocenters. The van der Waals surface area contributed by atoms with Gasteiger partial charge < -0.3 is 4.74 Å². The largest absolute Gasteiger partial charge is 0.487 e. The van der Waals surface area contributed by atoms with Crippen LogP contribution in [0.15, 0.2) is 30.6 Å². The van der Waals surface area contributed by atoms with Gasteiger partial charge in [-0.15, -0.1) is 13.2 Å². The fourth-order valence-corrected chi connectivity index (χ4v) is 2.40. The Labute approximate surface area is 151 Å². The summed E-state index contributed by atoms with van der Waals surface area (Å²) in [7, 11) is 0. The minimum atomic E-state index is -4.85. The smallest absolute Gasteiger partial charge is 0.434 e. The van der Waals surface area contributed by atoms with Crippen LogP contribution in [0.25, 0.3) is 0 Å². The number of aromatic nitrogens is 2. The highest BCUT2D eigenvalue weighted by molar-refractivity contribution is 6.38. The van der Waals surface area contributed by atoms with E-state index < -0.39 is 24.3 Å². The number of carbonyl (C=O) groups is 1. The normalized spacial score (nSPS) is 11.3. The Bertz CT molecular complexity index is 758. The maximum atomic E-state index is 13.1. The molecule has 0 fully saturated rings. The van der Waals surface area contributed by atoms with Gasteiger partial charge in [-0.25, -0.2) is 14.9 Å². The molecule has 0 unspecified atom stereocenters. The summed E-state index contributed by atoms with van der Waals surface area (Å²) in [5.74, 6) is -1.49. The molecule has 0 bridgehead atoms. The molecular formula is C15H12Cl2F3N3O2. The number of hydrogen-bond acceptors (Lipinski definition) is 4. The second-order valence-corrected chi connectivity index (χ2v) is 5.54. The molecule has 0 saturated carbocycles. The van der Waals surface area contributed by atoms with Crippen molar-refractivity contribution in [2.45, 2.75) is 19.6 Å². The van der Waals surface area contributed by atoms with Crippen LogP contribution >= 0.6 is 23.2 Å². The van der Waals surface area contributed by atoms with E-state index in [0.29, 0.717) is 0 Å². The highest BCUT2D eigenvalue weighted by Crippen LogP contribution is 2.37. The van der Waals surface area contributed by atoms with Crippen molar-refractivity contribution in [3.63, 3.8) is 0 Å². The number of pyridine rings is 2. The van der Waals surface area contributed by atoms with Crippen molar-refractivity contribution in [1.29, 1.82) is 0 Å². The van der Waals surface area contributed by atoms with Gasteiger partial charge in [-0.1, -0.05) is 36.2 Å². The van der Waals surface area contributed by atoms with Crippen LogP contribution in [0.2, 0.25) is 10.2 Å². The van der Waals surface area contributed by atoms with E-state index in [0.717, 1.165) is 6.20 Å². The topological polar surface area (TPSA) is 55.3 Å². The molecule has 0 aliphatic carbocycles. The number of halogens is 5. The molecule has 134 valence electrons. The third-order valence-electron chi connectivity index (χ3n) is 3.00. The lowest BCUT2D eigenvalue weighted by molar-refractivity contribution is -0.224. The minimum Gasteiger partial charge on any atom is -0.434 e. The molecule has 0 radical (unpaired) electrons.